The highest BCUT2D eigenvalue weighted by Gasteiger charge is 2.50. The van der Waals surface area contributed by atoms with E-state index in [0.717, 1.165) is 67.8 Å². The van der Waals surface area contributed by atoms with Gasteiger partial charge in [-0.25, -0.2) is 14.0 Å². The predicted octanol–water partition coefficient (Wildman–Crippen LogP) is 7.07. The third kappa shape index (κ3) is 8.27. The van der Waals surface area contributed by atoms with Gasteiger partial charge in [0.05, 0.1) is 36.2 Å². The van der Waals surface area contributed by atoms with Gasteiger partial charge in [-0.3, -0.25) is 14.8 Å². The highest BCUT2D eigenvalue weighted by atomic mass is 19.1. The number of hydrogen-bond acceptors (Lipinski definition) is 13. The molecule has 4 aliphatic rings. The van der Waals surface area contributed by atoms with Crippen molar-refractivity contribution in [3.8, 4) is 23.0 Å². The molecule has 0 aliphatic carbocycles. The molecule has 4 saturated heterocycles. The molecule has 60 heavy (non-hydrogen) atoms. The minimum Gasteiger partial charge on any atom is -0.468 e. The smallest absolute Gasteiger partial charge is 0.410 e. The molecule has 4 aromatic rings. The second-order valence-corrected chi connectivity index (χ2v) is 17.4. The molecule has 2 aromatic carbocycles. The van der Waals surface area contributed by atoms with E-state index >= 15 is 4.39 Å². The number of pyridine rings is 1. The SMILES string of the molecule is CCOC(=O)COC[C@@H]1CC[C@]2(COc3nc(N4CC5CCC(C4)N5C(=O)OC(C)(C)C)c4cnc(-c5cc(OCOC)cc6cccc(CC)c56)c(F)c4n3)CCCN12. The number of amides is 1. The fraction of sp³-hybridized carbons (Fsp3) is 0.578. The van der Waals surface area contributed by atoms with Crippen LogP contribution in [0.2, 0.25) is 0 Å². The number of aryl methyl sites for hydroxylation is 1. The first-order valence-corrected chi connectivity index (χ1v) is 21.3. The summed E-state index contributed by atoms with van der Waals surface area (Å²) in [5, 5.41) is 2.24. The Bertz CT molecular complexity index is 2220. The number of ether oxygens (including phenoxy) is 6. The van der Waals surface area contributed by atoms with Crippen molar-refractivity contribution in [2.75, 3.05) is 64.9 Å². The fourth-order valence-electron chi connectivity index (χ4n) is 9.84. The number of methoxy groups -OCH3 is 1. The number of rotatable bonds is 14. The van der Waals surface area contributed by atoms with Crippen molar-refractivity contribution in [2.24, 2.45) is 0 Å². The third-order valence-corrected chi connectivity index (χ3v) is 12.4. The van der Waals surface area contributed by atoms with Crippen LogP contribution < -0.4 is 14.4 Å². The molecule has 8 rings (SSSR count). The van der Waals surface area contributed by atoms with Crippen molar-refractivity contribution in [2.45, 2.75) is 109 Å². The van der Waals surface area contributed by atoms with Crippen LogP contribution >= 0.6 is 0 Å². The lowest BCUT2D eigenvalue weighted by atomic mass is 9.95. The Hall–Kier alpha value is -4.86. The quantitative estimate of drug-likeness (QED) is 0.0947. The number of anilines is 1. The van der Waals surface area contributed by atoms with Crippen LogP contribution in [-0.4, -0.2) is 126 Å². The summed E-state index contributed by atoms with van der Waals surface area (Å²) in [5.74, 6) is 0.0862. The lowest BCUT2D eigenvalue weighted by Crippen LogP contribution is -2.57. The Balaban J connectivity index is 1.16. The van der Waals surface area contributed by atoms with Crippen molar-refractivity contribution >= 4 is 39.6 Å². The first-order chi connectivity index (χ1) is 28.9. The van der Waals surface area contributed by atoms with Crippen LogP contribution in [0.4, 0.5) is 15.0 Å². The van der Waals surface area contributed by atoms with E-state index in [4.69, 9.17) is 43.4 Å². The zero-order valence-electron chi connectivity index (χ0n) is 35.6. The van der Waals surface area contributed by atoms with Crippen LogP contribution in [0.5, 0.6) is 11.8 Å². The maximum absolute atomic E-state index is 17.5. The van der Waals surface area contributed by atoms with Crippen molar-refractivity contribution in [1.82, 2.24) is 24.8 Å². The third-order valence-electron chi connectivity index (χ3n) is 12.4. The molecule has 0 saturated carbocycles. The minimum absolute atomic E-state index is 0.0345. The molecule has 4 aliphatic heterocycles. The van der Waals surface area contributed by atoms with E-state index in [1.165, 1.54) is 0 Å². The van der Waals surface area contributed by atoms with E-state index in [1.54, 1.807) is 20.2 Å². The Morgan fingerprint density at radius 3 is 2.55 bits per heavy atom. The minimum atomic E-state index is -0.619. The van der Waals surface area contributed by atoms with Crippen molar-refractivity contribution in [1.29, 1.82) is 0 Å². The van der Waals surface area contributed by atoms with E-state index in [2.05, 4.69) is 16.7 Å². The summed E-state index contributed by atoms with van der Waals surface area (Å²) in [4.78, 5) is 46.4. The molecule has 6 heterocycles. The largest absolute Gasteiger partial charge is 0.468 e. The molecule has 15 heteroatoms. The normalized spacial score (nSPS) is 22.8. The maximum Gasteiger partial charge on any atom is 0.410 e. The predicted molar refractivity (Wildman–Crippen MR) is 224 cm³/mol. The van der Waals surface area contributed by atoms with E-state index in [0.29, 0.717) is 55.4 Å². The molecule has 2 bridgehead atoms. The highest BCUT2D eigenvalue weighted by molar-refractivity contribution is 6.01. The van der Waals surface area contributed by atoms with Gasteiger partial charge in [-0.05, 0) is 108 Å². The van der Waals surface area contributed by atoms with Crippen LogP contribution in [-0.2, 0) is 30.2 Å². The number of carbonyl (C=O) groups is 2. The highest BCUT2D eigenvalue weighted by Crippen LogP contribution is 2.44. The van der Waals surface area contributed by atoms with Crippen LogP contribution in [0.3, 0.4) is 0 Å². The van der Waals surface area contributed by atoms with Gasteiger partial charge in [0.1, 0.15) is 41.6 Å². The van der Waals surface area contributed by atoms with Crippen molar-refractivity contribution < 1.29 is 42.4 Å². The number of esters is 1. The number of carbonyl (C=O) groups excluding carboxylic acids is 2. The molecule has 4 atom stereocenters. The lowest BCUT2D eigenvalue weighted by molar-refractivity contribution is -0.149. The monoisotopic (exact) mass is 828 g/mol. The number of benzene rings is 2. The van der Waals surface area contributed by atoms with Crippen LogP contribution in [0, 0.1) is 5.82 Å². The van der Waals surface area contributed by atoms with E-state index in [1.807, 2.05) is 56.0 Å². The average molecular weight is 829 g/mol. The number of fused-ring (bicyclic) bond motifs is 5. The van der Waals surface area contributed by atoms with Gasteiger partial charge in [-0.1, -0.05) is 25.1 Å². The Kier molecular flexibility index (Phi) is 12.0. The molecular formula is C45H57FN6O8. The van der Waals surface area contributed by atoms with Crippen LogP contribution in [0.25, 0.3) is 32.9 Å². The molecule has 0 N–H and O–H groups in total. The van der Waals surface area contributed by atoms with Gasteiger partial charge in [0.15, 0.2) is 12.6 Å². The second kappa shape index (κ2) is 17.3. The standard InChI is InChI=1S/C45H57FN6O8/c1-7-28-11-9-12-29-19-33(59-27-55-6)20-34(37(28)29)39-38(46)40-35(21-47-39)41(50-22-30-13-14-31(23-50)52(30)43(54)60-44(3,4)5)49-42(48-40)58-26-45-16-10-18-51(45)32(15-17-45)24-56-25-36(53)57-8-2/h9,11-12,19-21,30-32H,7-8,10,13-18,22-27H2,1-6H3/t30?,31?,32-,45-/m0/s1. The molecule has 0 radical (unpaired) electrons. The molecule has 1 amide bonds. The Morgan fingerprint density at radius 1 is 1.02 bits per heavy atom. The van der Waals surface area contributed by atoms with E-state index in [9.17, 15) is 9.59 Å². The summed E-state index contributed by atoms with van der Waals surface area (Å²) < 4.78 is 51.9. The average Bonchev–Trinajstić information content (AvgIpc) is 3.88. The summed E-state index contributed by atoms with van der Waals surface area (Å²) in [6, 6.07) is 9.76. The molecular weight excluding hydrogens is 772 g/mol. The first-order valence-electron chi connectivity index (χ1n) is 21.3. The molecule has 322 valence electrons. The van der Waals surface area contributed by atoms with E-state index in [-0.39, 0.29) is 66.3 Å². The molecule has 0 spiro atoms. The topological polar surface area (TPSA) is 138 Å². The number of halogens is 1. The molecule has 2 unspecified atom stereocenters. The van der Waals surface area contributed by atoms with Gasteiger partial charge >= 0.3 is 18.1 Å². The Morgan fingerprint density at radius 2 is 1.82 bits per heavy atom. The zero-order chi connectivity index (χ0) is 42.2. The maximum atomic E-state index is 17.5. The molecule has 2 aromatic heterocycles. The summed E-state index contributed by atoms with van der Waals surface area (Å²) in [6.07, 6.45) is 7.41. The first kappa shape index (κ1) is 41.9. The summed E-state index contributed by atoms with van der Waals surface area (Å²) in [6.45, 7) is 12.3. The number of nitrogens with zero attached hydrogens (tertiary/aromatic N) is 6. The number of hydrogen-bond donors (Lipinski definition) is 0. The second-order valence-electron chi connectivity index (χ2n) is 17.4. The summed E-state index contributed by atoms with van der Waals surface area (Å²) in [7, 11) is 1.56. The van der Waals surface area contributed by atoms with Gasteiger partial charge in [0.2, 0.25) is 0 Å². The van der Waals surface area contributed by atoms with Gasteiger partial charge in [-0.15, -0.1) is 0 Å². The summed E-state index contributed by atoms with van der Waals surface area (Å²) >= 11 is 0. The van der Waals surface area contributed by atoms with Gasteiger partial charge in [0.25, 0.3) is 0 Å². The fourth-order valence-corrected chi connectivity index (χ4v) is 9.84. The molecule has 14 nitrogen and oxygen atoms in total. The number of piperazine rings is 1. The van der Waals surface area contributed by atoms with Crippen molar-refractivity contribution in [3.05, 3.63) is 47.9 Å². The van der Waals surface area contributed by atoms with Gasteiger partial charge in [-0.2, -0.15) is 9.97 Å². The Labute approximate surface area is 350 Å². The van der Waals surface area contributed by atoms with Crippen LogP contribution in [0.15, 0.2) is 36.5 Å². The lowest BCUT2D eigenvalue weighted by Gasteiger charge is -2.42. The number of aromatic nitrogens is 3. The van der Waals surface area contributed by atoms with Crippen molar-refractivity contribution in [3.63, 3.8) is 0 Å². The van der Waals surface area contributed by atoms with Gasteiger partial charge < -0.3 is 33.3 Å². The van der Waals surface area contributed by atoms with Gasteiger partial charge in [0, 0.05) is 38.0 Å². The molecule has 4 fully saturated rings. The zero-order valence-corrected chi connectivity index (χ0v) is 35.6. The van der Waals surface area contributed by atoms with E-state index < -0.39 is 11.4 Å². The van der Waals surface area contributed by atoms with Crippen LogP contribution in [0.1, 0.15) is 78.7 Å². The summed E-state index contributed by atoms with van der Waals surface area (Å²) in [5.41, 5.74) is 0.993.